The van der Waals surface area contributed by atoms with E-state index in [-0.39, 0.29) is 18.1 Å². The van der Waals surface area contributed by atoms with Crippen LogP contribution in [0.3, 0.4) is 0 Å². The van der Waals surface area contributed by atoms with Gasteiger partial charge in [0, 0.05) is 6.42 Å². The molecule has 20 heavy (non-hydrogen) atoms. The van der Waals surface area contributed by atoms with E-state index in [1.807, 2.05) is 0 Å². The van der Waals surface area contributed by atoms with Gasteiger partial charge < -0.3 is 10.4 Å². The van der Waals surface area contributed by atoms with Crippen LogP contribution in [0, 0.1) is 0 Å². The predicted octanol–water partition coefficient (Wildman–Crippen LogP) is 3.94. The van der Waals surface area contributed by atoms with E-state index in [4.69, 9.17) is 0 Å². The number of carbonyl (C=O) groups is 1. The van der Waals surface area contributed by atoms with Gasteiger partial charge in [0.25, 0.3) is 0 Å². The third kappa shape index (κ3) is 7.88. The van der Waals surface area contributed by atoms with Crippen LogP contribution in [-0.2, 0) is 4.79 Å². The van der Waals surface area contributed by atoms with Gasteiger partial charge in [-0.1, -0.05) is 71.1 Å². The fourth-order valence-electron chi connectivity index (χ4n) is 2.97. The summed E-state index contributed by atoms with van der Waals surface area (Å²) in [6.07, 6.45) is 15.1. The third-order valence-corrected chi connectivity index (χ3v) is 4.35. The summed E-state index contributed by atoms with van der Waals surface area (Å²) >= 11 is 0. The second kappa shape index (κ2) is 11.1. The first-order chi connectivity index (χ1) is 9.74. The van der Waals surface area contributed by atoms with E-state index in [1.165, 1.54) is 57.8 Å². The molecule has 1 fully saturated rings. The zero-order chi connectivity index (χ0) is 14.6. The molecular weight excluding hydrogens is 250 g/mol. The molecule has 0 aromatic heterocycles. The Labute approximate surface area is 124 Å². The molecule has 3 nitrogen and oxygen atoms in total. The highest BCUT2D eigenvalue weighted by atomic mass is 16.3. The Morgan fingerprint density at radius 2 is 1.60 bits per heavy atom. The summed E-state index contributed by atoms with van der Waals surface area (Å²) in [5.74, 6) is 0.0946. The van der Waals surface area contributed by atoms with E-state index >= 15 is 0 Å². The Balaban J connectivity index is 1.83. The van der Waals surface area contributed by atoms with E-state index in [9.17, 15) is 9.90 Å². The van der Waals surface area contributed by atoms with Crippen molar-refractivity contribution in [1.29, 1.82) is 0 Å². The highest BCUT2D eigenvalue weighted by molar-refractivity contribution is 5.78. The van der Waals surface area contributed by atoms with Crippen LogP contribution in [0.25, 0.3) is 0 Å². The van der Waals surface area contributed by atoms with E-state index in [0.717, 1.165) is 19.3 Å². The summed E-state index contributed by atoms with van der Waals surface area (Å²) in [7, 11) is 0. The Bertz CT molecular complexity index is 255. The van der Waals surface area contributed by atoms with Gasteiger partial charge in [-0.15, -0.1) is 0 Å². The predicted molar refractivity (Wildman–Crippen MR) is 83.6 cm³/mol. The first-order valence-electron chi connectivity index (χ1n) is 8.71. The van der Waals surface area contributed by atoms with Gasteiger partial charge in [0.15, 0.2) is 0 Å². The maximum Gasteiger partial charge on any atom is 0.220 e. The van der Waals surface area contributed by atoms with E-state index < -0.39 is 0 Å². The van der Waals surface area contributed by atoms with Crippen molar-refractivity contribution in [3.63, 3.8) is 0 Å². The lowest BCUT2D eigenvalue weighted by Crippen LogP contribution is -2.36. The monoisotopic (exact) mass is 283 g/mol. The summed E-state index contributed by atoms with van der Waals surface area (Å²) in [6.45, 7) is 2.26. The summed E-state index contributed by atoms with van der Waals surface area (Å²) in [4.78, 5) is 11.1. The minimum Gasteiger partial charge on any atom is -0.391 e. The standard InChI is InChI=1S/C17H33NO2/c1-2-3-4-5-6-7-8-9-10-11-12-16(19)15-13-14-17(20)18-15/h15-16,19H,2-14H2,1H3,(H,18,20)/t15-,16-/m0/s1. The number of carbonyl (C=O) groups excluding carboxylic acids is 1. The van der Waals surface area contributed by atoms with Gasteiger partial charge >= 0.3 is 0 Å². The molecule has 0 bridgehead atoms. The number of rotatable bonds is 12. The molecule has 0 aromatic rings. The molecule has 3 heteroatoms. The molecule has 1 rings (SSSR count). The Morgan fingerprint density at radius 3 is 2.10 bits per heavy atom. The average molecular weight is 283 g/mol. The summed E-state index contributed by atoms with van der Waals surface area (Å²) < 4.78 is 0. The van der Waals surface area contributed by atoms with Crippen molar-refractivity contribution >= 4 is 5.91 Å². The first kappa shape index (κ1) is 17.5. The molecule has 1 aliphatic heterocycles. The molecule has 2 N–H and O–H groups in total. The molecule has 0 spiro atoms. The van der Waals surface area contributed by atoms with Crippen molar-refractivity contribution in [2.24, 2.45) is 0 Å². The lowest BCUT2D eigenvalue weighted by Gasteiger charge is -2.17. The summed E-state index contributed by atoms with van der Waals surface area (Å²) in [6, 6.07) is 0.0149. The van der Waals surface area contributed by atoms with Crippen molar-refractivity contribution < 1.29 is 9.90 Å². The molecule has 0 aromatic carbocycles. The molecule has 1 aliphatic rings. The highest BCUT2D eigenvalue weighted by Crippen LogP contribution is 2.16. The van der Waals surface area contributed by atoms with Crippen molar-refractivity contribution in [3.05, 3.63) is 0 Å². The minimum absolute atomic E-state index is 0.0149. The SMILES string of the molecule is CCCCCCCCCCCC[C@H](O)[C@@H]1CCC(=O)N1. The average Bonchev–Trinajstić information content (AvgIpc) is 2.87. The number of nitrogens with one attached hydrogen (secondary N) is 1. The third-order valence-electron chi connectivity index (χ3n) is 4.35. The molecule has 0 aliphatic carbocycles. The van der Waals surface area contributed by atoms with Gasteiger partial charge in [-0.05, 0) is 12.8 Å². The number of hydrogen-bond donors (Lipinski definition) is 2. The number of aliphatic hydroxyl groups is 1. The van der Waals surface area contributed by atoms with Gasteiger partial charge in [0.1, 0.15) is 0 Å². The van der Waals surface area contributed by atoms with Crippen molar-refractivity contribution in [2.45, 2.75) is 103 Å². The lowest BCUT2D eigenvalue weighted by molar-refractivity contribution is -0.119. The van der Waals surface area contributed by atoms with Crippen LogP contribution in [0.5, 0.6) is 0 Å². The number of unbranched alkanes of at least 4 members (excludes halogenated alkanes) is 9. The zero-order valence-electron chi connectivity index (χ0n) is 13.2. The molecular formula is C17H33NO2. The number of hydrogen-bond acceptors (Lipinski definition) is 2. The molecule has 1 amide bonds. The van der Waals surface area contributed by atoms with E-state index in [1.54, 1.807) is 0 Å². The molecule has 1 heterocycles. The van der Waals surface area contributed by atoms with Crippen LogP contribution in [0.2, 0.25) is 0 Å². The van der Waals surface area contributed by atoms with Crippen LogP contribution < -0.4 is 5.32 Å². The number of aliphatic hydroxyl groups excluding tert-OH is 1. The van der Waals surface area contributed by atoms with Crippen LogP contribution in [0.4, 0.5) is 0 Å². The molecule has 0 radical (unpaired) electrons. The Kier molecular flexibility index (Phi) is 9.73. The fourth-order valence-corrected chi connectivity index (χ4v) is 2.97. The first-order valence-corrected chi connectivity index (χ1v) is 8.71. The van der Waals surface area contributed by atoms with Crippen LogP contribution in [-0.4, -0.2) is 23.2 Å². The fraction of sp³-hybridized carbons (Fsp3) is 0.941. The maximum absolute atomic E-state index is 11.1. The normalized spacial score (nSPS) is 20.1. The van der Waals surface area contributed by atoms with Crippen LogP contribution in [0.1, 0.15) is 90.4 Å². The topological polar surface area (TPSA) is 49.3 Å². The molecule has 0 saturated carbocycles. The second-order valence-electron chi connectivity index (χ2n) is 6.25. The smallest absolute Gasteiger partial charge is 0.220 e. The van der Waals surface area contributed by atoms with Gasteiger partial charge in [0.2, 0.25) is 5.91 Å². The second-order valence-corrected chi connectivity index (χ2v) is 6.25. The van der Waals surface area contributed by atoms with Gasteiger partial charge in [0.05, 0.1) is 12.1 Å². The van der Waals surface area contributed by atoms with Crippen LogP contribution in [0.15, 0.2) is 0 Å². The van der Waals surface area contributed by atoms with E-state index in [0.29, 0.717) is 6.42 Å². The largest absolute Gasteiger partial charge is 0.391 e. The number of amides is 1. The van der Waals surface area contributed by atoms with Crippen LogP contribution >= 0.6 is 0 Å². The quantitative estimate of drug-likeness (QED) is 0.533. The maximum atomic E-state index is 11.1. The van der Waals surface area contributed by atoms with E-state index in [2.05, 4.69) is 12.2 Å². The zero-order valence-corrected chi connectivity index (χ0v) is 13.2. The van der Waals surface area contributed by atoms with Gasteiger partial charge in [-0.25, -0.2) is 0 Å². The Hall–Kier alpha value is -0.570. The van der Waals surface area contributed by atoms with Gasteiger partial charge in [-0.3, -0.25) is 4.79 Å². The minimum atomic E-state index is -0.338. The lowest BCUT2D eigenvalue weighted by atomic mass is 10.0. The molecule has 118 valence electrons. The molecule has 1 saturated heterocycles. The summed E-state index contributed by atoms with van der Waals surface area (Å²) in [5.41, 5.74) is 0. The highest BCUT2D eigenvalue weighted by Gasteiger charge is 2.26. The van der Waals surface area contributed by atoms with Crippen molar-refractivity contribution in [3.8, 4) is 0 Å². The summed E-state index contributed by atoms with van der Waals surface area (Å²) in [5, 5.41) is 12.8. The molecule has 2 atom stereocenters. The molecule has 0 unspecified atom stereocenters. The van der Waals surface area contributed by atoms with Crippen molar-refractivity contribution in [1.82, 2.24) is 5.32 Å². The van der Waals surface area contributed by atoms with Gasteiger partial charge in [-0.2, -0.15) is 0 Å². The Morgan fingerprint density at radius 1 is 1.05 bits per heavy atom. The van der Waals surface area contributed by atoms with Crippen molar-refractivity contribution in [2.75, 3.05) is 0 Å².